The van der Waals surface area contributed by atoms with Gasteiger partial charge in [-0.3, -0.25) is 38.4 Å². The van der Waals surface area contributed by atoms with Gasteiger partial charge in [0, 0.05) is 64.0 Å². The molecular formula is C39H43F3N10O5S. The number of carbonyl (C=O) groups is 3. The third-order valence-electron chi connectivity index (χ3n) is 11.6. The number of nitrogens with zero attached hydrogens (tertiary/aromatic N) is 7. The van der Waals surface area contributed by atoms with E-state index in [1.165, 1.54) is 16.9 Å². The highest BCUT2D eigenvalue weighted by atomic mass is 32.2. The molecule has 2 saturated heterocycles. The van der Waals surface area contributed by atoms with Crippen molar-refractivity contribution in [1.82, 2.24) is 34.1 Å². The second-order valence-electron chi connectivity index (χ2n) is 15.5. The van der Waals surface area contributed by atoms with Crippen LogP contribution in [0.3, 0.4) is 0 Å². The molecule has 2 aromatic carbocycles. The lowest BCUT2D eigenvalue weighted by Crippen LogP contribution is -2.48. The number of nitrogens with one attached hydrogen (secondary N) is 3. The van der Waals surface area contributed by atoms with Crippen LogP contribution in [0.5, 0.6) is 0 Å². The van der Waals surface area contributed by atoms with Gasteiger partial charge in [-0.2, -0.15) is 18.3 Å². The summed E-state index contributed by atoms with van der Waals surface area (Å²) in [5.74, 6) is -1.22. The van der Waals surface area contributed by atoms with Crippen LogP contribution in [0.1, 0.15) is 66.8 Å². The summed E-state index contributed by atoms with van der Waals surface area (Å²) in [4.78, 5) is 59.1. The van der Waals surface area contributed by atoms with Crippen LogP contribution < -0.4 is 21.2 Å². The lowest BCUT2D eigenvalue weighted by molar-refractivity contribution is -0.141. The van der Waals surface area contributed by atoms with Crippen molar-refractivity contribution in [2.75, 3.05) is 49.2 Å². The van der Waals surface area contributed by atoms with Crippen LogP contribution in [0, 0.1) is 10.7 Å². The van der Waals surface area contributed by atoms with E-state index in [9.17, 15) is 36.6 Å². The van der Waals surface area contributed by atoms with Crippen molar-refractivity contribution in [2.45, 2.75) is 61.7 Å². The highest BCUT2D eigenvalue weighted by Crippen LogP contribution is 2.36. The van der Waals surface area contributed by atoms with Gasteiger partial charge in [0.1, 0.15) is 17.4 Å². The standard InChI is InChI=1S/C39H43F3N10O5S/c1-48-35-29(6-4-7-30(35)52(38(48)56)31-13-14-34(53)46-37(31)55)50-17-15-49(16-18-50)21-23-9-11-25(12-10-23)51-22-24-19-28(32(58(2,43)57)20-27(24)47-51)45-36(54)26-5-3-8-33(44-26)39(40,41)42/h3-8,19-20,22-23,25,31,43H,9-18,21H2,1-2H3,(H,45,54)(H,46,53,55)/t23-,25-,31?,58?. The number of benzene rings is 2. The number of halogens is 3. The van der Waals surface area contributed by atoms with Crippen LogP contribution in [0.15, 0.2) is 64.4 Å². The van der Waals surface area contributed by atoms with E-state index in [0.717, 1.165) is 87.8 Å². The van der Waals surface area contributed by atoms with E-state index in [2.05, 4.69) is 25.4 Å². The molecule has 8 rings (SSSR count). The Morgan fingerprint density at radius 2 is 1.72 bits per heavy atom. The molecule has 0 radical (unpaired) electrons. The summed E-state index contributed by atoms with van der Waals surface area (Å²) in [5.41, 5.74) is 0.954. The summed E-state index contributed by atoms with van der Waals surface area (Å²) in [5, 5.41) is 10.3. The molecule has 3 fully saturated rings. The fourth-order valence-electron chi connectivity index (χ4n) is 8.62. The van der Waals surface area contributed by atoms with Crippen molar-refractivity contribution in [3.63, 3.8) is 0 Å². The number of carbonyl (C=O) groups excluding carboxylic acids is 3. The number of aryl methyl sites for hydroxylation is 1. The Balaban J connectivity index is 0.900. The lowest BCUT2D eigenvalue weighted by atomic mass is 9.85. The number of pyridine rings is 1. The highest BCUT2D eigenvalue weighted by molar-refractivity contribution is 7.91. The third-order valence-corrected chi connectivity index (χ3v) is 12.8. The predicted octanol–water partition coefficient (Wildman–Crippen LogP) is 4.92. The van der Waals surface area contributed by atoms with Gasteiger partial charge in [-0.25, -0.2) is 18.8 Å². The first-order valence-electron chi connectivity index (χ1n) is 19.2. The molecule has 0 bridgehead atoms. The largest absolute Gasteiger partial charge is 0.433 e. The van der Waals surface area contributed by atoms with E-state index in [-0.39, 0.29) is 41.1 Å². The maximum Gasteiger partial charge on any atom is 0.433 e. The van der Waals surface area contributed by atoms with Crippen molar-refractivity contribution in [1.29, 1.82) is 4.78 Å². The number of aromatic nitrogens is 5. The van der Waals surface area contributed by atoms with E-state index in [1.54, 1.807) is 17.7 Å². The Bertz CT molecular complexity index is 2620. The van der Waals surface area contributed by atoms with E-state index in [0.29, 0.717) is 22.3 Å². The molecule has 3 amide bonds. The average Bonchev–Trinajstić information content (AvgIpc) is 3.72. The summed E-state index contributed by atoms with van der Waals surface area (Å²) in [6, 6.07) is 11.2. The Morgan fingerprint density at radius 3 is 2.41 bits per heavy atom. The molecule has 0 spiro atoms. The Labute approximate surface area is 331 Å². The first-order chi connectivity index (χ1) is 27.5. The van der Waals surface area contributed by atoms with Crippen LogP contribution in [0.25, 0.3) is 21.9 Å². The molecule has 5 heterocycles. The Hall–Kier alpha value is -5.56. The van der Waals surface area contributed by atoms with Crippen LogP contribution in [-0.2, 0) is 32.5 Å². The number of rotatable bonds is 8. The SMILES string of the molecule is Cn1c(=O)n(C2CCC(=O)NC2=O)c2cccc(N3CCN(C[C@H]4CC[C@H](n5cc6cc(NC(=O)c7cccc(C(F)(F)F)n7)c(S(C)(=N)=O)cc6n5)CC4)CC3)c21. The number of hydrogen-bond donors (Lipinski definition) is 3. The number of alkyl halides is 3. The normalized spacial score (nSPS) is 21.9. The van der Waals surface area contributed by atoms with Gasteiger partial charge >= 0.3 is 11.9 Å². The van der Waals surface area contributed by atoms with Crippen LogP contribution >= 0.6 is 0 Å². The zero-order valence-electron chi connectivity index (χ0n) is 31.9. The Morgan fingerprint density at radius 1 is 1.00 bits per heavy atom. The first kappa shape index (κ1) is 39.3. The molecule has 19 heteroatoms. The number of para-hydroxylation sites is 1. The van der Waals surface area contributed by atoms with Crippen molar-refractivity contribution in [3.05, 3.63) is 76.6 Å². The molecule has 15 nitrogen and oxygen atoms in total. The van der Waals surface area contributed by atoms with Gasteiger partial charge in [-0.15, -0.1) is 0 Å². The summed E-state index contributed by atoms with van der Waals surface area (Å²) >= 11 is 0. The van der Waals surface area contributed by atoms with Crippen molar-refractivity contribution < 1.29 is 31.8 Å². The summed E-state index contributed by atoms with van der Waals surface area (Å²) in [6.07, 6.45) is 2.53. The van der Waals surface area contributed by atoms with Crippen LogP contribution in [0.2, 0.25) is 0 Å². The predicted molar refractivity (Wildman–Crippen MR) is 210 cm³/mol. The minimum atomic E-state index is -4.73. The number of imidazole rings is 1. The fraction of sp³-hybridized carbons (Fsp3) is 0.436. The topological polar surface area (TPSA) is 180 Å². The van der Waals surface area contributed by atoms with Crippen molar-refractivity contribution >= 4 is 60.8 Å². The van der Waals surface area contributed by atoms with E-state index < -0.39 is 45.1 Å². The number of piperidine rings is 1. The quantitative estimate of drug-likeness (QED) is 0.183. The van der Waals surface area contributed by atoms with E-state index in [4.69, 9.17) is 9.88 Å². The first-order valence-corrected chi connectivity index (χ1v) is 21.1. The monoisotopic (exact) mass is 820 g/mol. The number of fused-ring (bicyclic) bond motifs is 2. The summed E-state index contributed by atoms with van der Waals surface area (Å²) in [7, 11) is -1.65. The molecular weight excluding hydrogens is 778 g/mol. The number of piperazine rings is 1. The van der Waals surface area contributed by atoms with E-state index >= 15 is 0 Å². The average molecular weight is 821 g/mol. The van der Waals surface area contributed by atoms with E-state index in [1.807, 2.05) is 29.1 Å². The number of imide groups is 1. The maximum atomic E-state index is 13.4. The van der Waals surface area contributed by atoms with Crippen molar-refractivity contribution in [2.24, 2.45) is 13.0 Å². The molecule has 306 valence electrons. The second kappa shape index (κ2) is 15.0. The molecule has 3 aromatic heterocycles. The van der Waals surface area contributed by atoms with Gasteiger partial charge in [0.05, 0.1) is 48.6 Å². The third kappa shape index (κ3) is 7.59. The minimum Gasteiger partial charge on any atom is -0.367 e. The molecule has 3 N–H and O–H groups in total. The van der Waals surface area contributed by atoms with Gasteiger partial charge in [-0.1, -0.05) is 12.1 Å². The Kier molecular flexibility index (Phi) is 10.1. The van der Waals surface area contributed by atoms with Crippen LogP contribution in [-0.4, -0.2) is 89.7 Å². The van der Waals surface area contributed by atoms with Gasteiger partial charge in [0.2, 0.25) is 11.8 Å². The van der Waals surface area contributed by atoms with Crippen molar-refractivity contribution in [3.8, 4) is 0 Å². The molecule has 2 aliphatic heterocycles. The number of anilines is 2. The number of hydrogen-bond acceptors (Lipinski definition) is 10. The minimum absolute atomic E-state index is 0.0146. The molecule has 5 aromatic rings. The highest BCUT2D eigenvalue weighted by Gasteiger charge is 2.34. The number of amides is 3. The zero-order chi connectivity index (χ0) is 41.1. The molecule has 2 unspecified atom stereocenters. The molecule has 1 saturated carbocycles. The molecule has 2 atom stereocenters. The molecule has 3 aliphatic rings. The fourth-order valence-corrected chi connectivity index (χ4v) is 9.48. The van der Waals surface area contributed by atoms with Gasteiger partial charge in [0.25, 0.3) is 5.91 Å². The second-order valence-corrected chi connectivity index (χ2v) is 17.6. The smallest absolute Gasteiger partial charge is 0.367 e. The lowest BCUT2D eigenvalue weighted by Gasteiger charge is -2.39. The summed E-state index contributed by atoms with van der Waals surface area (Å²) in [6.45, 7) is 4.21. The zero-order valence-corrected chi connectivity index (χ0v) is 32.7. The summed E-state index contributed by atoms with van der Waals surface area (Å²) < 4.78 is 65.9. The maximum absolute atomic E-state index is 13.4. The molecule has 58 heavy (non-hydrogen) atoms. The van der Waals surface area contributed by atoms with Gasteiger partial charge in [0.15, 0.2) is 0 Å². The van der Waals surface area contributed by atoms with Gasteiger partial charge < -0.3 is 10.2 Å². The van der Waals surface area contributed by atoms with Gasteiger partial charge in [-0.05, 0) is 74.4 Å². The van der Waals surface area contributed by atoms with Crippen LogP contribution in [0.4, 0.5) is 24.5 Å². The molecule has 1 aliphatic carbocycles.